The second-order valence-corrected chi connectivity index (χ2v) is 6.52. The average Bonchev–Trinajstić information content (AvgIpc) is 2.47. The van der Waals surface area contributed by atoms with Gasteiger partial charge in [0.15, 0.2) is 0 Å². The van der Waals surface area contributed by atoms with Gasteiger partial charge in [0.25, 0.3) is 0 Å². The lowest BCUT2D eigenvalue weighted by Crippen LogP contribution is -2.61. The van der Waals surface area contributed by atoms with Gasteiger partial charge in [0.2, 0.25) is 11.8 Å². The molecule has 0 aliphatic carbocycles. The summed E-state index contributed by atoms with van der Waals surface area (Å²) in [5.41, 5.74) is 5.48. The van der Waals surface area contributed by atoms with Crippen LogP contribution in [0, 0.1) is 5.92 Å². The van der Waals surface area contributed by atoms with Gasteiger partial charge in [0.1, 0.15) is 0 Å². The fourth-order valence-corrected chi connectivity index (χ4v) is 2.91. The predicted octanol–water partition coefficient (Wildman–Crippen LogP) is 0.258. The number of nitrogens with zero attached hydrogens (tertiary/aromatic N) is 1. The molecular weight excluding hydrogens is 270 g/mol. The summed E-state index contributed by atoms with van der Waals surface area (Å²) in [6.45, 7) is 6.13. The van der Waals surface area contributed by atoms with E-state index in [-0.39, 0.29) is 23.8 Å². The van der Waals surface area contributed by atoms with E-state index in [1.54, 1.807) is 0 Å². The van der Waals surface area contributed by atoms with Crippen LogP contribution in [0.3, 0.4) is 0 Å². The predicted molar refractivity (Wildman–Crippen MR) is 79.6 cm³/mol. The lowest BCUT2D eigenvalue weighted by Gasteiger charge is -2.40. The van der Waals surface area contributed by atoms with Gasteiger partial charge in [-0.15, -0.1) is 0 Å². The first-order chi connectivity index (χ1) is 9.92. The van der Waals surface area contributed by atoms with Gasteiger partial charge in [-0.05, 0) is 25.7 Å². The maximum atomic E-state index is 12.7. The number of likely N-dealkylation sites (tertiary alicyclic amines) is 1. The highest BCUT2D eigenvalue weighted by Gasteiger charge is 2.40. The van der Waals surface area contributed by atoms with E-state index in [1.165, 1.54) is 0 Å². The van der Waals surface area contributed by atoms with Crippen LogP contribution in [-0.4, -0.2) is 54.6 Å². The molecule has 0 spiro atoms. The summed E-state index contributed by atoms with van der Waals surface area (Å²) in [6.07, 6.45) is 2.97. The van der Waals surface area contributed by atoms with Crippen molar-refractivity contribution in [3.63, 3.8) is 0 Å². The van der Waals surface area contributed by atoms with E-state index in [4.69, 9.17) is 10.5 Å². The van der Waals surface area contributed by atoms with Crippen LogP contribution in [0.4, 0.5) is 0 Å². The van der Waals surface area contributed by atoms with E-state index in [1.807, 2.05) is 18.7 Å². The van der Waals surface area contributed by atoms with Crippen molar-refractivity contribution in [3.05, 3.63) is 0 Å². The highest BCUT2D eigenvalue weighted by atomic mass is 16.5. The summed E-state index contributed by atoms with van der Waals surface area (Å²) >= 11 is 0. The van der Waals surface area contributed by atoms with Crippen LogP contribution < -0.4 is 11.1 Å². The SMILES string of the molecule is CC(C)C(=O)NC1CCCN(C(=O)C2(N)CCOCC2)C1. The molecule has 6 nitrogen and oxygen atoms in total. The number of rotatable bonds is 3. The molecule has 0 aromatic heterocycles. The highest BCUT2D eigenvalue weighted by molar-refractivity contribution is 5.86. The summed E-state index contributed by atoms with van der Waals surface area (Å²) in [6, 6.07) is 0.0426. The number of carbonyl (C=O) groups is 2. The van der Waals surface area contributed by atoms with Gasteiger partial charge in [-0.25, -0.2) is 0 Å². The van der Waals surface area contributed by atoms with E-state index in [0.29, 0.717) is 32.6 Å². The maximum absolute atomic E-state index is 12.7. The second-order valence-electron chi connectivity index (χ2n) is 6.52. The van der Waals surface area contributed by atoms with Gasteiger partial charge >= 0.3 is 0 Å². The molecule has 21 heavy (non-hydrogen) atoms. The highest BCUT2D eigenvalue weighted by Crippen LogP contribution is 2.23. The maximum Gasteiger partial charge on any atom is 0.242 e. The zero-order valence-corrected chi connectivity index (χ0v) is 13.1. The van der Waals surface area contributed by atoms with E-state index < -0.39 is 5.54 Å². The van der Waals surface area contributed by atoms with Crippen molar-refractivity contribution in [1.82, 2.24) is 10.2 Å². The molecule has 0 aromatic rings. The van der Waals surface area contributed by atoms with Gasteiger partial charge in [-0.1, -0.05) is 13.8 Å². The zero-order valence-electron chi connectivity index (χ0n) is 13.1. The Hall–Kier alpha value is -1.14. The number of hydrogen-bond acceptors (Lipinski definition) is 4. The first kappa shape index (κ1) is 16.2. The Morgan fingerprint density at radius 2 is 2.00 bits per heavy atom. The third-order valence-corrected chi connectivity index (χ3v) is 4.39. The smallest absolute Gasteiger partial charge is 0.242 e. The van der Waals surface area contributed by atoms with E-state index in [2.05, 4.69) is 5.32 Å². The van der Waals surface area contributed by atoms with E-state index in [0.717, 1.165) is 19.4 Å². The fourth-order valence-electron chi connectivity index (χ4n) is 2.91. The van der Waals surface area contributed by atoms with Crippen LogP contribution >= 0.6 is 0 Å². The molecule has 0 radical (unpaired) electrons. The summed E-state index contributed by atoms with van der Waals surface area (Å²) in [5.74, 6) is 0.0181. The van der Waals surface area contributed by atoms with Crippen LogP contribution in [0.25, 0.3) is 0 Å². The van der Waals surface area contributed by atoms with Gasteiger partial charge in [-0.2, -0.15) is 0 Å². The average molecular weight is 297 g/mol. The van der Waals surface area contributed by atoms with Gasteiger partial charge in [0, 0.05) is 38.3 Å². The Kier molecular flexibility index (Phi) is 5.22. The van der Waals surface area contributed by atoms with Crippen molar-refractivity contribution in [1.29, 1.82) is 0 Å². The number of carbonyl (C=O) groups excluding carboxylic acids is 2. The minimum Gasteiger partial charge on any atom is -0.381 e. The molecule has 2 aliphatic heterocycles. The number of nitrogens with two attached hydrogens (primary N) is 1. The van der Waals surface area contributed by atoms with Crippen LogP contribution in [0.5, 0.6) is 0 Å². The molecule has 2 rings (SSSR count). The molecule has 0 aromatic carbocycles. The molecule has 1 atom stereocenters. The number of hydrogen-bond donors (Lipinski definition) is 2. The fraction of sp³-hybridized carbons (Fsp3) is 0.867. The molecule has 1 unspecified atom stereocenters. The summed E-state index contributed by atoms with van der Waals surface area (Å²) in [5, 5.41) is 3.02. The van der Waals surface area contributed by atoms with Crippen molar-refractivity contribution in [2.24, 2.45) is 11.7 Å². The number of piperidine rings is 1. The van der Waals surface area contributed by atoms with Crippen molar-refractivity contribution in [2.75, 3.05) is 26.3 Å². The Labute approximate surface area is 126 Å². The normalized spacial score (nSPS) is 25.7. The van der Waals surface area contributed by atoms with Crippen LogP contribution in [-0.2, 0) is 14.3 Å². The Balaban J connectivity index is 1.94. The number of amides is 2. The van der Waals surface area contributed by atoms with E-state index in [9.17, 15) is 9.59 Å². The quantitative estimate of drug-likeness (QED) is 0.782. The van der Waals surface area contributed by atoms with Crippen molar-refractivity contribution in [3.8, 4) is 0 Å². The molecular formula is C15H27N3O3. The van der Waals surface area contributed by atoms with Gasteiger partial charge in [0.05, 0.1) is 5.54 Å². The number of nitrogens with one attached hydrogen (secondary N) is 1. The molecule has 2 saturated heterocycles. The largest absolute Gasteiger partial charge is 0.381 e. The molecule has 2 heterocycles. The van der Waals surface area contributed by atoms with Gasteiger partial charge in [-0.3, -0.25) is 9.59 Å². The lowest BCUT2D eigenvalue weighted by molar-refractivity contribution is -0.142. The first-order valence-corrected chi connectivity index (χ1v) is 7.89. The lowest BCUT2D eigenvalue weighted by atomic mass is 9.88. The third-order valence-electron chi connectivity index (χ3n) is 4.39. The first-order valence-electron chi connectivity index (χ1n) is 7.89. The zero-order chi connectivity index (χ0) is 15.5. The third kappa shape index (κ3) is 3.95. The van der Waals surface area contributed by atoms with Gasteiger partial charge < -0.3 is 20.7 Å². The molecule has 120 valence electrons. The standard InChI is InChI=1S/C15H27N3O3/c1-11(2)13(19)17-12-4-3-7-18(10-12)14(20)15(16)5-8-21-9-6-15/h11-12H,3-10,16H2,1-2H3,(H,17,19). The van der Waals surface area contributed by atoms with Crippen LogP contribution in [0.2, 0.25) is 0 Å². The van der Waals surface area contributed by atoms with Crippen molar-refractivity contribution >= 4 is 11.8 Å². The molecule has 2 fully saturated rings. The van der Waals surface area contributed by atoms with Crippen LogP contribution in [0.15, 0.2) is 0 Å². The van der Waals surface area contributed by atoms with Crippen molar-refractivity contribution < 1.29 is 14.3 Å². The molecule has 0 saturated carbocycles. The summed E-state index contributed by atoms with van der Waals surface area (Å²) in [4.78, 5) is 26.3. The van der Waals surface area contributed by atoms with E-state index >= 15 is 0 Å². The van der Waals surface area contributed by atoms with Crippen molar-refractivity contribution in [2.45, 2.75) is 51.1 Å². The Morgan fingerprint density at radius 1 is 1.33 bits per heavy atom. The monoisotopic (exact) mass is 297 g/mol. The molecule has 0 bridgehead atoms. The Morgan fingerprint density at radius 3 is 2.62 bits per heavy atom. The topological polar surface area (TPSA) is 84.7 Å². The summed E-state index contributed by atoms with van der Waals surface area (Å²) < 4.78 is 5.29. The number of ether oxygens (including phenoxy) is 1. The molecule has 2 amide bonds. The molecule has 3 N–H and O–H groups in total. The minimum atomic E-state index is -0.789. The molecule has 2 aliphatic rings. The van der Waals surface area contributed by atoms with Crippen LogP contribution in [0.1, 0.15) is 39.5 Å². The Bertz CT molecular complexity index is 392. The molecule has 6 heteroatoms. The minimum absolute atomic E-state index is 0.00861. The summed E-state index contributed by atoms with van der Waals surface area (Å²) in [7, 11) is 0. The second kappa shape index (κ2) is 6.75.